The first-order valence-electron chi connectivity index (χ1n) is 14.8. The molecule has 46 heavy (non-hydrogen) atoms. The number of benzene rings is 1. The molecule has 0 saturated heterocycles. The van der Waals surface area contributed by atoms with E-state index in [4.69, 9.17) is 18.9 Å². The molecule has 1 amide bonds. The van der Waals surface area contributed by atoms with Crippen molar-refractivity contribution in [3.05, 3.63) is 53.9 Å². The fraction of sp³-hybridized carbons (Fsp3) is 0.455. The molecular formula is C33H40N2O11. The van der Waals surface area contributed by atoms with E-state index in [-0.39, 0.29) is 43.0 Å². The van der Waals surface area contributed by atoms with E-state index in [1.165, 1.54) is 33.2 Å². The molecule has 0 bridgehead atoms. The normalized spacial score (nSPS) is 13.3. The molecule has 0 fully saturated rings. The number of ether oxygens (including phenoxy) is 4. The fourth-order valence-electron chi connectivity index (χ4n) is 4.27. The highest BCUT2D eigenvalue weighted by molar-refractivity contribution is 6.38. The van der Waals surface area contributed by atoms with E-state index >= 15 is 0 Å². The monoisotopic (exact) mass is 640 g/mol. The molecule has 2 aromatic rings. The number of esters is 2. The molecule has 2 rings (SSSR count). The van der Waals surface area contributed by atoms with Crippen molar-refractivity contribution in [1.82, 2.24) is 10.3 Å². The Morgan fingerprint density at radius 2 is 1.65 bits per heavy atom. The van der Waals surface area contributed by atoms with Crippen molar-refractivity contribution in [1.29, 1.82) is 0 Å². The van der Waals surface area contributed by atoms with E-state index in [0.29, 0.717) is 12.6 Å². The second kappa shape index (κ2) is 18.8. The van der Waals surface area contributed by atoms with Gasteiger partial charge < -0.3 is 33.9 Å². The summed E-state index contributed by atoms with van der Waals surface area (Å²) >= 11 is 0. The van der Waals surface area contributed by atoms with Crippen LogP contribution in [-0.2, 0) is 44.7 Å². The number of amides is 1. The number of carbonyl (C=O) groups excluding carboxylic acids is 7. The van der Waals surface area contributed by atoms with Gasteiger partial charge >= 0.3 is 11.9 Å². The number of hydrogen-bond acceptors (Lipinski definition) is 12. The van der Waals surface area contributed by atoms with Gasteiger partial charge in [-0.05, 0) is 12.0 Å². The van der Waals surface area contributed by atoms with E-state index in [1.54, 1.807) is 44.2 Å². The summed E-state index contributed by atoms with van der Waals surface area (Å²) in [6.45, 7) is 5.42. The van der Waals surface area contributed by atoms with Crippen LogP contribution in [0, 0.1) is 23.7 Å². The van der Waals surface area contributed by atoms with Crippen LogP contribution in [0.25, 0.3) is 0 Å². The number of nitrogens with one attached hydrogen (secondary N) is 1. The third kappa shape index (κ3) is 10.9. The maximum Gasteiger partial charge on any atom is 0.311 e. The number of methoxy groups -OCH3 is 1. The molecule has 0 spiro atoms. The number of aldehydes is 2. The fourth-order valence-corrected chi connectivity index (χ4v) is 4.27. The van der Waals surface area contributed by atoms with Crippen molar-refractivity contribution in [2.24, 2.45) is 23.7 Å². The van der Waals surface area contributed by atoms with Crippen LogP contribution in [0.2, 0.25) is 0 Å². The molecule has 4 atom stereocenters. The first kappa shape index (κ1) is 37.2. The zero-order valence-corrected chi connectivity index (χ0v) is 26.6. The van der Waals surface area contributed by atoms with Gasteiger partial charge in [-0.2, -0.15) is 0 Å². The third-order valence-electron chi connectivity index (χ3n) is 6.98. The average Bonchev–Trinajstić information content (AvgIpc) is 3.06. The second-order valence-electron chi connectivity index (χ2n) is 10.9. The van der Waals surface area contributed by atoms with Crippen molar-refractivity contribution < 1.29 is 52.5 Å². The average molecular weight is 641 g/mol. The van der Waals surface area contributed by atoms with Gasteiger partial charge in [0.15, 0.2) is 23.0 Å². The van der Waals surface area contributed by atoms with E-state index in [0.717, 1.165) is 5.56 Å². The smallest absolute Gasteiger partial charge is 0.311 e. The number of Topliss-reactive ketones (excluding diaryl/α,β-unsaturated/α-hetero) is 2. The molecule has 0 radical (unpaired) electrons. The lowest BCUT2D eigenvalue weighted by molar-refractivity contribution is -0.162. The van der Waals surface area contributed by atoms with E-state index in [2.05, 4.69) is 10.3 Å². The molecule has 1 aromatic heterocycles. The van der Waals surface area contributed by atoms with Gasteiger partial charge in [0.2, 0.25) is 12.6 Å². The minimum atomic E-state index is -1.30. The van der Waals surface area contributed by atoms with Gasteiger partial charge in [0.05, 0.1) is 30.8 Å². The lowest BCUT2D eigenvalue weighted by Crippen LogP contribution is -2.43. The molecule has 248 valence electrons. The van der Waals surface area contributed by atoms with Gasteiger partial charge in [-0.15, -0.1) is 0 Å². The molecular weight excluding hydrogens is 600 g/mol. The van der Waals surface area contributed by atoms with E-state index < -0.39 is 66.0 Å². The van der Waals surface area contributed by atoms with Crippen LogP contribution in [0.1, 0.15) is 56.6 Å². The Kier molecular flexibility index (Phi) is 15.2. The van der Waals surface area contributed by atoms with E-state index in [1.807, 2.05) is 0 Å². The lowest BCUT2D eigenvalue weighted by atomic mass is 9.84. The van der Waals surface area contributed by atoms with Crippen LogP contribution < -0.4 is 14.8 Å². The molecule has 0 aliphatic heterocycles. The minimum Gasteiger partial charge on any atom is -0.493 e. The molecule has 1 heterocycles. The Bertz CT molecular complexity index is 1380. The number of aromatic nitrogens is 1. The SMILES string of the molecule is COc1ccnc(C(=O)NCC(C)C(=O)O[C@H]([C@H](C=O)Cc2ccccc2)[C@H](C)C(=O)C(=O)CCC=O)c1OCOC(=O)C(C)C. The van der Waals surface area contributed by atoms with Crippen LogP contribution in [0.4, 0.5) is 0 Å². The topological polar surface area (TPSA) is 181 Å². The number of rotatable bonds is 20. The van der Waals surface area contributed by atoms with Crippen molar-refractivity contribution in [2.75, 3.05) is 20.4 Å². The van der Waals surface area contributed by atoms with Gasteiger partial charge in [0.1, 0.15) is 18.7 Å². The molecule has 0 saturated carbocycles. The predicted octanol–water partition coefficient (Wildman–Crippen LogP) is 2.71. The Hall–Kier alpha value is -4.94. The Morgan fingerprint density at radius 3 is 2.26 bits per heavy atom. The van der Waals surface area contributed by atoms with Gasteiger partial charge in [0.25, 0.3) is 5.91 Å². The Balaban J connectivity index is 2.19. The summed E-state index contributed by atoms with van der Waals surface area (Å²) in [6, 6.07) is 10.3. The Labute approximate surface area is 267 Å². The van der Waals surface area contributed by atoms with Crippen LogP contribution in [0.3, 0.4) is 0 Å². The van der Waals surface area contributed by atoms with Crippen molar-refractivity contribution in [2.45, 2.75) is 53.1 Å². The first-order valence-corrected chi connectivity index (χ1v) is 14.8. The summed E-state index contributed by atoms with van der Waals surface area (Å²) in [5.41, 5.74) is 0.547. The highest BCUT2D eigenvalue weighted by Crippen LogP contribution is 2.30. The molecule has 1 unspecified atom stereocenters. The number of carbonyl (C=O) groups is 7. The standard InChI is InChI=1S/C33H40N2O11/c1-20(2)32(41)45-19-44-30-26(43-5)13-14-34-27(30)31(40)35-17-21(3)33(42)46-29(22(4)28(39)25(38)12-9-15-36)24(18-37)16-23-10-7-6-8-11-23/h6-8,10-11,13-15,18,20-22,24,29H,9,12,16-17,19H2,1-5H3,(H,35,40)/t21?,22-,24+,29+/m1/s1. The molecule has 0 aliphatic rings. The van der Waals surface area contributed by atoms with Crippen LogP contribution in [0.5, 0.6) is 11.5 Å². The number of pyridine rings is 1. The number of ketones is 2. The highest BCUT2D eigenvalue weighted by Gasteiger charge is 2.37. The minimum absolute atomic E-state index is 0.0873. The molecule has 1 N–H and O–H groups in total. The largest absolute Gasteiger partial charge is 0.493 e. The van der Waals surface area contributed by atoms with E-state index in [9.17, 15) is 33.6 Å². The third-order valence-corrected chi connectivity index (χ3v) is 6.98. The molecule has 13 nitrogen and oxygen atoms in total. The zero-order chi connectivity index (χ0) is 34.2. The molecule has 0 aliphatic carbocycles. The summed E-state index contributed by atoms with van der Waals surface area (Å²) in [5.74, 6) is -7.22. The maximum absolute atomic E-state index is 13.2. The van der Waals surface area contributed by atoms with Crippen molar-refractivity contribution in [3.8, 4) is 11.5 Å². The summed E-state index contributed by atoms with van der Waals surface area (Å²) in [6.07, 6.45) is 0.789. The molecule has 1 aromatic carbocycles. The summed E-state index contributed by atoms with van der Waals surface area (Å²) in [4.78, 5) is 90.4. The summed E-state index contributed by atoms with van der Waals surface area (Å²) in [7, 11) is 1.35. The Morgan fingerprint density at radius 1 is 0.957 bits per heavy atom. The molecule has 13 heteroatoms. The predicted molar refractivity (Wildman–Crippen MR) is 163 cm³/mol. The number of nitrogens with zero attached hydrogens (tertiary/aromatic N) is 1. The summed E-state index contributed by atoms with van der Waals surface area (Å²) < 4.78 is 21.5. The van der Waals surface area contributed by atoms with Crippen LogP contribution in [-0.4, -0.2) is 73.5 Å². The summed E-state index contributed by atoms with van der Waals surface area (Å²) in [5, 5.41) is 2.57. The second-order valence-corrected chi connectivity index (χ2v) is 10.9. The van der Waals surface area contributed by atoms with Gasteiger partial charge in [-0.3, -0.25) is 24.0 Å². The number of hydrogen-bond donors (Lipinski definition) is 1. The van der Waals surface area contributed by atoms with Crippen molar-refractivity contribution in [3.63, 3.8) is 0 Å². The maximum atomic E-state index is 13.2. The van der Waals surface area contributed by atoms with Crippen LogP contribution >= 0.6 is 0 Å². The zero-order valence-electron chi connectivity index (χ0n) is 26.6. The van der Waals surface area contributed by atoms with Crippen LogP contribution in [0.15, 0.2) is 42.6 Å². The first-order chi connectivity index (χ1) is 21.9. The highest BCUT2D eigenvalue weighted by atomic mass is 16.7. The van der Waals surface area contributed by atoms with Gasteiger partial charge in [-0.25, -0.2) is 4.98 Å². The van der Waals surface area contributed by atoms with Crippen molar-refractivity contribution >= 4 is 42.0 Å². The quantitative estimate of drug-likeness (QED) is 0.0969. The lowest BCUT2D eigenvalue weighted by Gasteiger charge is -2.29. The van der Waals surface area contributed by atoms with Gasteiger partial charge in [0, 0.05) is 31.6 Å². The van der Waals surface area contributed by atoms with Gasteiger partial charge in [-0.1, -0.05) is 58.0 Å².